The van der Waals surface area contributed by atoms with Crippen LogP contribution in [-0.2, 0) is 0 Å². The van der Waals surface area contributed by atoms with Gasteiger partial charge in [-0.15, -0.1) is 0 Å². The number of benzene rings is 1. The van der Waals surface area contributed by atoms with Crippen LogP contribution in [0.15, 0.2) is 18.2 Å². The normalized spacial score (nSPS) is 14.7. The number of hydrogen-bond acceptors (Lipinski definition) is 2. The van der Waals surface area contributed by atoms with Gasteiger partial charge in [0.1, 0.15) is 5.84 Å². The average Bonchev–Trinajstić information content (AvgIpc) is 3.09. The van der Waals surface area contributed by atoms with Crippen molar-refractivity contribution in [3.05, 3.63) is 28.8 Å². The molecule has 1 aromatic carbocycles. The molecule has 0 unspecified atom stereocenters. The number of halogens is 1. The lowest BCUT2D eigenvalue weighted by Gasteiger charge is -2.23. The van der Waals surface area contributed by atoms with Crippen LogP contribution < -0.4 is 10.6 Å². The van der Waals surface area contributed by atoms with Crippen LogP contribution in [-0.4, -0.2) is 18.9 Å². The van der Waals surface area contributed by atoms with E-state index in [1.54, 1.807) is 0 Å². The molecule has 0 amide bonds. The van der Waals surface area contributed by atoms with Gasteiger partial charge in [0.05, 0.1) is 5.02 Å². The maximum absolute atomic E-state index is 7.40. The lowest BCUT2D eigenvalue weighted by atomic mass is 10.1. The summed E-state index contributed by atoms with van der Waals surface area (Å²) in [6, 6.07) is 5.73. The second-order valence-corrected chi connectivity index (χ2v) is 4.97. The zero-order valence-electron chi connectivity index (χ0n) is 10.0. The Morgan fingerprint density at radius 2 is 2.24 bits per heavy atom. The molecule has 1 fully saturated rings. The lowest BCUT2D eigenvalue weighted by Crippen LogP contribution is -2.25. The number of anilines is 1. The van der Waals surface area contributed by atoms with Gasteiger partial charge in [-0.3, -0.25) is 5.41 Å². The summed E-state index contributed by atoms with van der Waals surface area (Å²) in [5.74, 6) is 0.869. The van der Waals surface area contributed by atoms with Crippen LogP contribution in [0.2, 0.25) is 5.02 Å². The van der Waals surface area contributed by atoms with Crippen LogP contribution in [0.5, 0.6) is 0 Å². The SMILES string of the molecule is CCN(CC1CC1)c1ccc(C(=N)N)c(Cl)c1. The lowest BCUT2D eigenvalue weighted by molar-refractivity contribution is 0.742. The number of nitrogens with two attached hydrogens (primary N) is 1. The fraction of sp³-hybridized carbons (Fsp3) is 0.462. The van der Waals surface area contributed by atoms with Crippen molar-refractivity contribution in [3.63, 3.8) is 0 Å². The molecule has 17 heavy (non-hydrogen) atoms. The van der Waals surface area contributed by atoms with Gasteiger partial charge in [0.15, 0.2) is 0 Å². The van der Waals surface area contributed by atoms with Crippen molar-refractivity contribution in [1.29, 1.82) is 5.41 Å². The number of nitrogens with zero attached hydrogens (tertiary/aromatic N) is 1. The molecule has 0 bridgehead atoms. The van der Waals surface area contributed by atoms with E-state index in [-0.39, 0.29) is 5.84 Å². The number of nitrogen functional groups attached to an aromatic ring is 1. The van der Waals surface area contributed by atoms with Crippen LogP contribution in [0.25, 0.3) is 0 Å². The smallest absolute Gasteiger partial charge is 0.124 e. The maximum Gasteiger partial charge on any atom is 0.124 e. The van der Waals surface area contributed by atoms with Gasteiger partial charge in [0, 0.05) is 24.3 Å². The molecule has 0 aliphatic heterocycles. The van der Waals surface area contributed by atoms with Gasteiger partial charge in [0.25, 0.3) is 0 Å². The van der Waals surface area contributed by atoms with Gasteiger partial charge >= 0.3 is 0 Å². The van der Waals surface area contributed by atoms with E-state index in [4.69, 9.17) is 22.7 Å². The molecule has 1 aliphatic carbocycles. The van der Waals surface area contributed by atoms with Crippen molar-refractivity contribution in [3.8, 4) is 0 Å². The monoisotopic (exact) mass is 251 g/mol. The summed E-state index contributed by atoms with van der Waals surface area (Å²) >= 11 is 6.13. The van der Waals surface area contributed by atoms with Crippen LogP contribution in [0.4, 0.5) is 5.69 Å². The first-order valence-electron chi connectivity index (χ1n) is 6.00. The molecule has 0 spiro atoms. The Bertz CT molecular complexity index is 427. The molecule has 4 heteroatoms. The maximum atomic E-state index is 7.40. The first-order valence-corrected chi connectivity index (χ1v) is 6.38. The minimum atomic E-state index is 0.0202. The first kappa shape index (κ1) is 12.2. The molecular formula is C13H18ClN3. The van der Waals surface area contributed by atoms with E-state index in [2.05, 4.69) is 11.8 Å². The molecule has 0 atom stereocenters. The Morgan fingerprint density at radius 1 is 1.53 bits per heavy atom. The highest BCUT2D eigenvalue weighted by Gasteiger charge is 2.24. The number of amidine groups is 1. The van der Waals surface area contributed by atoms with Crippen molar-refractivity contribution in [2.24, 2.45) is 11.7 Å². The summed E-state index contributed by atoms with van der Waals surface area (Å²) in [6.45, 7) is 4.23. The van der Waals surface area contributed by atoms with Crippen LogP contribution in [0.3, 0.4) is 0 Å². The van der Waals surface area contributed by atoms with Crippen LogP contribution in [0.1, 0.15) is 25.3 Å². The fourth-order valence-corrected chi connectivity index (χ4v) is 2.22. The van der Waals surface area contributed by atoms with E-state index in [1.165, 1.54) is 12.8 Å². The molecular weight excluding hydrogens is 234 g/mol. The zero-order valence-corrected chi connectivity index (χ0v) is 10.8. The van der Waals surface area contributed by atoms with Crippen LogP contribution >= 0.6 is 11.6 Å². The highest BCUT2D eigenvalue weighted by molar-refractivity contribution is 6.34. The third-order valence-corrected chi connectivity index (χ3v) is 3.48. The molecule has 1 saturated carbocycles. The Hall–Kier alpha value is -1.22. The molecule has 0 aromatic heterocycles. The van der Waals surface area contributed by atoms with Crippen molar-refractivity contribution in [2.75, 3.05) is 18.0 Å². The summed E-state index contributed by atoms with van der Waals surface area (Å²) in [7, 11) is 0. The van der Waals surface area contributed by atoms with Gasteiger partial charge in [-0.2, -0.15) is 0 Å². The predicted octanol–water partition coefficient (Wildman–Crippen LogP) is 2.86. The van der Waals surface area contributed by atoms with E-state index in [0.29, 0.717) is 10.6 Å². The summed E-state index contributed by atoms with van der Waals surface area (Å²) in [5, 5.41) is 7.96. The Morgan fingerprint density at radius 3 is 2.71 bits per heavy atom. The second-order valence-electron chi connectivity index (χ2n) is 4.56. The van der Waals surface area contributed by atoms with Crippen molar-refractivity contribution < 1.29 is 0 Å². The fourth-order valence-electron chi connectivity index (χ4n) is 1.95. The largest absolute Gasteiger partial charge is 0.384 e. The summed E-state index contributed by atoms with van der Waals surface area (Å²) in [5.41, 5.74) is 7.18. The third kappa shape index (κ3) is 2.91. The first-order chi connectivity index (χ1) is 8.11. The van der Waals surface area contributed by atoms with E-state index >= 15 is 0 Å². The van der Waals surface area contributed by atoms with Gasteiger partial charge in [-0.1, -0.05) is 11.6 Å². The van der Waals surface area contributed by atoms with Crippen molar-refractivity contribution in [2.45, 2.75) is 19.8 Å². The van der Waals surface area contributed by atoms with Crippen LogP contribution in [0, 0.1) is 11.3 Å². The Kier molecular flexibility index (Phi) is 3.57. The topological polar surface area (TPSA) is 53.1 Å². The van der Waals surface area contributed by atoms with Gasteiger partial charge < -0.3 is 10.6 Å². The standard InChI is InChI=1S/C13H18ClN3/c1-2-17(8-9-3-4-9)10-5-6-11(13(15)16)12(14)7-10/h5-7,9H,2-4,8H2,1H3,(H3,15,16). The molecule has 0 heterocycles. The molecule has 3 N–H and O–H groups in total. The molecule has 92 valence electrons. The molecule has 0 saturated heterocycles. The number of rotatable bonds is 5. The molecule has 1 aromatic rings. The third-order valence-electron chi connectivity index (χ3n) is 3.17. The van der Waals surface area contributed by atoms with Crippen molar-refractivity contribution in [1.82, 2.24) is 0 Å². The number of hydrogen-bond donors (Lipinski definition) is 2. The predicted molar refractivity (Wildman–Crippen MR) is 73.1 cm³/mol. The summed E-state index contributed by atoms with van der Waals surface area (Å²) in [6.07, 6.45) is 2.69. The van der Waals surface area contributed by atoms with E-state index in [9.17, 15) is 0 Å². The minimum absolute atomic E-state index is 0.0202. The average molecular weight is 252 g/mol. The number of nitrogens with one attached hydrogen (secondary N) is 1. The van der Waals surface area contributed by atoms with Gasteiger partial charge in [-0.25, -0.2) is 0 Å². The van der Waals surface area contributed by atoms with Gasteiger partial charge in [-0.05, 0) is 43.9 Å². The van der Waals surface area contributed by atoms with E-state index in [0.717, 1.165) is 24.7 Å². The Labute approximate surface area is 107 Å². The second kappa shape index (κ2) is 4.96. The highest BCUT2D eigenvalue weighted by atomic mass is 35.5. The van der Waals surface area contributed by atoms with Crippen molar-refractivity contribution >= 4 is 23.1 Å². The molecule has 2 rings (SSSR count). The van der Waals surface area contributed by atoms with Gasteiger partial charge in [0.2, 0.25) is 0 Å². The van der Waals surface area contributed by atoms with E-state index < -0.39 is 0 Å². The molecule has 0 radical (unpaired) electrons. The summed E-state index contributed by atoms with van der Waals surface area (Å²) in [4.78, 5) is 2.33. The highest BCUT2D eigenvalue weighted by Crippen LogP contribution is 2.32. The zero-order chi connectivity index (χ0) is 12.4. The minimum Gasteiger partial charge on any atom is -0.384 e. The quantitative estimate of drug-likeness (QED) is 0.625. The summed E-state index contributed by atoms with van der Waals surface area (Å²) < 4.78 is 0. The van der Waals surface area contributed by atoms with E-state index in [1.807, 2.05) is 18.2 Å². The molecule has 1 aliphatic rings. The Balaban J connectivity index is 2.19. The molecule has 3 nitrogen and oxygen atoms in total.